The van der Waals surface area contributed by atoms with Crippen LogP contribution >= 0.6 is 11.6 Å². The first kappa shape index (κ1) is 22.7. The molecule has 0 spiro atoms. The van der Waals surface area contributed by atoms with E-state index in [4.69, 9.17) is 16.9 Å². The number of benzene rings is 2. The normalized spacial score (nSPS) is 10.7. The molecule has 0 saturated heterocycles. The number of aromatic nitrogens is 2. The summed E-state index contributed by atoms with van der Waals surface area (Å²) in [7, 11) is -3.53. The van der Waals surface area contributed by atoms with E-state index in [1.54, 1.807) is 24.3 Å². The highest BCUT2D eigenvalue weighted by Crippen LogP contribution is 2.30. The van der Waals surface area contributed by atoms with Crippen LogP contribution in [0.1, 0.15) is 10.4 Å². The number of halogens is 2. The highest BCUT2D eigenvalue weighted by Gasteiger charge is 2.14. The molecular formula is C19H15ClFN7O3S. The Hall–Kier alpha value is -3.95. The Morgan fingerprint density at radius 2 is 1.84 bits per heavy atom. The number of nitriles is 1. The SMILES string of the molecule is CS(=O)(=O)Nc1ccccc1Nc1nc(Nc2cc(C(=O)NC#N)ccc2F)ncc1Cl. The summed E-state index contributed by atoms with van der Waals surface area (Å²) in [5.74, 6) is -1.33. The van der Waals surface area contributed by atoms with Crippen LogP contribution in [0, 0.1) is 17.3 Å². The Bertz CT molecular complexity index is 1330. The summed E-state index contributed by atoms with van der Waals surface area (Å²) in [5, 5.41) is 16.2. The number of hydrogen-bond donors (Lipinski definition) is 4. The number of carbonyl (C=O) groups is 1. The molecule has 10 nitrogen and oxygen atoms in total. The highest BCUT2D eigenvalue weighted by atomic mass is 35.5. The van der Waals surface area contributed by atoms with Crippen molar-refractivity contribution in [2.75, 3.05) is 21.6 Å². The summed E-state index contributed by atoms with van der Waals surface area (Å²) < 4.78 is 39.8. The zero-order valence-electron chi connectivity index (χ0n) is 16.3. The number of rotatable bonds is 7. The van der Waals surface area contributed by atoms with E-state index in [-0.39, 0.29) is 33.7 Å². The minimum absolute atomic E-state index is 0.0449. The summed E-state index contributed by atoms with van der Waals surface area (Å²) in [6.07, 6.45) is 3.78. The van der Waals surface area contributed by atoms with E-state index in [1.165, 1.54) is 24.5 Å². The fourth-order valence-electron chi connectivity index (χ4n) is 2.53. The lowest BCUT2D eigenvalue weighted by Crippen LogP contribution is -2.17. The zero-order valence-corrected chi connectivity index (χ0v) is 17.9. The second-order valence-electron chi connectivity index (χ2n) is 6.32. The molecule has 0 aliphatic rings. The van der Waals surface area contributed by atoms with E-state index in [1.807, 2.05) is 5.32 Å². The molecule has 0 unspecified atom stereocenters. The molecule has 0 aliphatic heterocycles. The van der Waals surface area contributed by atoms with Crippen molar-refractivity contribution in [2.24, 2.45) is 0 Å². The van der Waals surface area contributed by atoms with Crippen molar-refractivity contribution in [3.8, 4) is 6.19 Å². The topological polar surface area (TPSA) is 149 Å². The number of sulfonamides is 1. The van der Waals surface area contributed by atoms with Crippen LogP contribution in [-0.2, 0) is 10.0 Å². The summed E-state index contributed by atoms with van der Waals surface area (Å²) in [4.78, 5) is 20.0. The Kier molecular flexibility index (Phi) is 6.72. The van der Waals surface area contributed by atoms with E-state index in [2.05, 4.69) is 25.3 Å². The van der Waals surface area contributed by atoms with E-state index in [0.717, 1.165) is 12.3 Å². The predicted molar refractivity (Wildman–Crippen MR) is 118 cm³/mol. The summed E-state index contributed by atoms with van der Waals surface area (Å²) in [6.45, 7) is 0. The average Bonchev–Trinajstić information content (AvgIpc) is 2.72. The molecule has 3 aromatic rings. The van der Waals surface area contributed by atoms with Gasteiger partial charge in [0.1, 0.15) is 10.8 Å². The van der Waals surface area contributed by atoms with E-state index in [0.29, 0.717) is 5.69 Å². The third-order valence-electron chi connectivity index (χ3n) is 3.86. The fraction of sp³-hybridized carbons (Fsp3) is 0.0526. The predicted octanol–water partition coefficient (Wildman–Crippen LogP) is 3.34. The van der Waals surface area contributed by atoms with Crippen molar-refractivity contribution >= 4 is 56.4 Å². The number of nitrogens with zero attached hydrogens (tertiary/aromatic N) is 3. The molecule has 2 aromatic carbocycles. The van der Waals surface area contributed by atoms with Crippen LogP contribution in [0.2, 0.25) is 5.02 Å². The summed E-state index contributed by atoms with van der Waals surface area (Å²) in [6, 6.07) is 9.94. The van der Waals surface area contributed by atoms with Gasteiger partial charge in [0.2, 0.25) is 16.0 Å². The second-order valence-corrected chi connectivity index (χ2v) is 8.48. The third kappa shape index (κ3) is 5.81. The molecule has 0 aliphatic carbocycles. The maximum Gasteiger partial charge on any atom is 0.264 e. The number of carbonyl (C=O) groups excluding carboxylic acids is 1. The summed E-state index contributed by atoms with van der Waals surface area (Å²) in [5.41, 5.74) is 0.568. The Morgan fingerprint density at radius 1 is 1.12 bits per heavy atom. The molecule has 1 heterocycles. The van der Waals surface area contributed by atoms with Gasteiger partial charge in [0.05, 0.1) is 29.5 Å². The minimum Gasteiger partial charge on any atom is -0.337 e. The van der Waals surface area contributed by atoms with Crippen molar-refractivity contribution in [3.05, 3.63) is 65.1 Å². The molecule has 0 fully saturated rings. The molecule has 0 atom stereocenters. The Balaban J connectivity index is 1.89. The highest BCUT2D eigenvalue weighted by molar-refractivity contribution is 7.92. The molecule has 4 N–H and O–H groups in total. The van der Waals surface area contributed by atoms with E-state index >= 15 is 0 Å². The molecule has 0 bridgehead atoms. The van der Waals surface area contributed by atoms with Crippen LogP contribution in [-0.4, -0.2) is 30.5 Å². The van der Waals surface area contributed by atoms with Crippen molar-refractivity contribution in [2.45, 2.75) is 0 Å². The van der Waals surface area contributed by atoms with Crippen molar-refractivity contribution in [3.63, 3.8) is 0 Å². The molecule has 1 amide bonds. The van der Waals surface area contributed by atoms with Gasteiger partial charge in [-0.1, -0.05) is 23.7 Å². The number of hydrogen-bond acceptors (Lipinski definition) is 8. The van der Waals surface area contributed by atoms with Crippen molar-refractivity contribution < 1.29 is 17.6 Å². The minimum atomic E-state index is -3.53. The van der Waals surface area contributed by atoms with Crippen LogP contribution in [0.15, 0.2) is 48.7 Å². The molecule has 0 radical (unpaired) electrons. The number of anilines is 5. The van der Waals surface area contributed by atoms with Crippen LogP contribution in [0.4, 0.5) is 33.2 Å². The van der Waals surface area contributed by atoms with Crippen LogP contribution in [0.25, 0.3) is 0 Å². The first-order valence-electron chi connectivity index (χ1n) is 8.78. The summed E-state index contributed by atoms with van der Waals surface area (Å²) >= 11 is 6.16. The quantitative estimate of drug-likeness (QED) is 0.300. The molecule has 0 saturated carbocycles. The molecular weight excluding hydrogens is 461 g/mol. The largest absolute Gasteiger partial charge is 0.337 e. The van der Waals surface area contributed by atoms with Gasteiger partial charge in [-0.05, 0) is 30.3 Å². The van der Waals surface area contributed by atoms with Gasteiger partial charge in [-0.3, -0.25) is 14.8 Å². The lowest BCUT2D eigenvalue weighted by Gasteiger charge is -2.14. The second kappa shape index (κ2) is 9.46. The van der Waals surface area contributed by atoms with Crippen LogP contribution in [0.3, 0.4) is 0 Å². The van der Waals surface area contributed by atoms with E-state index < -0.39 is 21.7 Å². The number of nitrogens with one attached hydrogen (secondary N) is 4. The lowest BCUT2D eigenvalue weighted by atomic mass is 10.2. The van der Waals surface area contributed by atoms with Gasteiger partial charge in [-0.2, -0.15) is 10.2 Å². The number of amides is 1. The first-order chi connectivity index (χ1) is 15.2. The van der Waals surface area contributed by atoms with Crippen LogP contribution in [0.5, 0.6) is 0 Å². The molecule has 3 rings (SSSR count). The van der Waals surface area contributed by atoms with Gasteiger partial charge in [0.25, 0.3) is 5.91 Å². The van der Waals surface area contributed by atoms with Crippen LogP contribution < -0.4 is 20.7 Å². The molecule has 164 valence electrons. The van der Waals surface area contributed by atoms with Gasteiger partial charge in [0, 0.05) is 5.56 Å². The third-order valence-corrected chi connectivity index (χ3v) is 4.73. The Labute approximate surface area is 187 Å². The van der Waals surface area contributed by atoms with Gasteiger partial charge < -0.3 is 10.6 Å². The number of para-hydroxylation sites is 2. The Morgan fingerprint density at radius 3 is 2.53 bits per heavy atom. The molecule has 13 heteroatoms. The van der Waals surface area contributed by atoms with Crippen molar-refractivity contribution in [1.82, 2.24) is 15.3 Å². The van der Waals surface area contributed by atoms with Gasteiger partial charge in [-0.15, -0.1) is 0 Å². The smallest absolute Gasteiger partial charge is 0.264 e. The zero-order chi connectivity index (χ0) is 23.3. The maximum absolute atomic E-state index is 14.2. The molecule has 1 aromatic heterocycles. The van der Waals surface area contributed by atoms with Crippen molar-refractivity contribution in [1.29, 1.82) is 5.26 Å². The maximum atomic E-state index is 14.2. The van der Waals surface area contributed by atoms with Gasteiger partial charge >= 0.3 is 0 Å². The van der Waals surface area contributed by atoms with E-state index in [9.17, 15) is 17.6 Å². The fourth-order valence-corrected chi connectivity index (χ4v) is 3.24. The molecule has 32 heavy (non-hydrogen) atoms. The standard InChI is InChI=1S/C19H15ClFN7O3S/c1-32(30,31)28-15-5-3-2-4-14(15)25-17-12(20)9-23-19(27-17)26-16-8-11(6-7-13(16)21)18(29)24-10-22/h2-9,28H,1H3,(H,24,29)(H2,23,25,26,27). The monoisotopic (exact) mass is 475 g/mol. The van der Waals surface area contributed by atoms with Gasteiger partial charge in [0.15, 0.2) is 12.0 Å². The average molecular weight is 476 g/mol. The first-order valence-corrected chi connectivity index (χ1v) is 11.1. The lowest BCUT2D eigenvalue weighted by molar-refractivity contribution is 0.0973. The van der Waals surface area contributed by atoms with Gasteiger partial charge in [-0.25, -0.2) is 17.8 Å².